The van der Waals surface area contributed by atoms with Crippen LogP contribution in [0.25, 0.3) is 10.9 Å². The lowest BCUT2D eigenvalue weighted by atomic mass is 9.99. The average molecular weight is 257 g/mol. The topological polar surface area (TPSA) is 56.9 Å². The van der Waals surface area contributed by atoms with E-state index in [4.69, 9.17) is 0 Å². The van der Waals surface area contributed by atoms with Crippen LogP contribution in [-0.2, 0) is 0 Å². The summed E-state index contributed by atoms with van der Waals surface area (Å²) in [5, 5.41) is 7.92. The van der Waals surface area contributed by atoms with Crippen LogP contribution >= 0.6 is 0 Å². The van der Waals surface area contributed by atoms with Crippen LogP contribution in [0.5, 0.6) is 0 Å². The van der Waals surface area contributed by atoms with Crippen molar-refractivity contribution in [3.8, 4) is 0 Å². The van der Waals surface area contributed by atoms with Gasteiger partial charge < -0.3 is 15.6 Å². The van der Waals surface area contributed by atoms with E-state index in [1.165, 1.54) is 12.8 Å². The quantitative estimate of drug-likeness (QED) is 0.787. The highest BCUT2D eigenvalue weighted by molar-refractivity contribution is 5.90. The molecule has 1 aliphatic heterocycles. The second-order valence-corrected chi connectivity index (χ2v) is 5.19. The molecule has 19 heavy (non-hydrogen) atoms. The molecule has 0 bridgehead atoms. The highest BCUT2D eigenvalue weighted by Gasteiger charge is 2.13. The van der Waals surface area contributed by atoms with Gasteiger partial charge in [0.1, 0.15) is 0 Å². The summed E-state index contributed by atoms with van der Waals surface area (Å²) in [5.41, 5.74) is 1.77. The average Bonchev–Trinajstić information content (AvgIpc) is 2.45. The molecule has 100 valence electrons. The molecule has 2 heterocycles. The van der Waals surface area contributed by atoms with Crippen molar-refractivity contribution in [2.45, 2.75) is 12.8 Å². The number of pyridine rings is 1. The van der Waals surface area contributed by atoms with E-state index in [1.807, 2.05) is 24.3 Å². The third-order valence-corrected chi connectivity index (χ3v) is 3.73. The maximum atomic E-state index is 11.6. The summed E-state index contributed by atoms with van der Waals surface area (Å²) in [6, 6.07) is 9.55. The van der Waals surface area contributed by atoms with Crippen LogP contribution in [-0.4, -0.2) is 24.6 Å². The molecule has 0 spiro atoms. The van der Waals surface area contributed by atoms with Gasteiger partial charge >= 0.3 is 0 Å². The summed E-state index contributed by atoms with van der Waals surface area (Å²) >= 11 is 0. The van der Waals surface area contributed by atoms with E-state index in [2.05, 4.69) is 15.6 Å². The molecule has 0 aliphatic carbocycles. The molecule has 3 N–H and O–H groups in total. The fourth-order valence-electron chi connectivity index (χ4n) is 2.70. The Hall–Kier alpha value is -1.81. The van der Waals surface area contributed by atoms with Crippen LogP contribution in [0.2, 0.25) is 0 Å². The van der Waals surface area contributed by atoms with Crippen LogP contribution in [0.4, 0.5) is 5.69 Å². The van der Waals surface area contributed by atoms with Gasteiger partial charge in [0, 0.05) is 23.7 Å². The van der Waals surface area contributed by atoms with Crippen molar-refractivity contribution in [3.05, 3.63) is 40.7 Å². The molecule has 4 nitrogen and oxygen atoms in total. The SMILES string of the molecule is O=c1cc(NCC2CCCNC2)c2ccccc2[nH]1. The first-order valence-corrected chi connectivity index (χ1v) is 6.89. The predicted molar refractivity (Wildman–Crippen MR) is 78.7 cm³/mol. The Morgan fingerprint density at radius 2 is 2.21 bits per heavy atom. The van der Waals surface area contributed by atoms with Gasteiger partial charge in [-0.2, -0.15) is 0 Å². The Labute approximate surface area is 112 Å². The minimum absolute atomic E-state index is 0.0528. The van der Waals surface area contributed by atoms with E-state index < -0.39 is 0 Å². The summed E-state index contributed by atoms with van der Waals surface area (Å²) in [7, 11) is 0. The number of piperidine rings is 1. The molecule has 1 aromatic heterocycles. The number of para-hydroxylation sites is 1. The molecule has 4 heteroatoms. The van der Waals surface area contributed by atoms with Gasteiger partial charge in [0.05, 0.1) is 5.52 Å². The fraction of sp³-hybridized carbons (Fsp3) is 0.400. The number of benzene rings is 1. The highest BCUT2D eigenvalue weighted by Crippen LogP contribution is 2.20. The van der Waals surface area contributed by atoms with E-state index >= 15 is 0 Å². The molecular formula is C15H19N3O. The lowest BCUT2D eigenvalue weighted by Gasteiger charge is -2.23. The van der Waals surface area contributed by atoms with Crippen molar-refractivity contribution in [2.75, 3.05) is 25.0 Å². The third-order valence-electron chi connectivity index (χ3n) is 3.73. The minimum Gasteiger partial charge on any atom is -0.384 e. The minimum atomic E-state index is -0.0528. The second-order valence-electron chi connectivity index (χ2n) is 5.19. The normalized spacial score (nSPS) is 19.5. The first-order chi connectivity index (χ1) is 9.33. The van der Waals surface area contributed by atoms with Crippen LogP contribution in [0, 0.1) is 5.92 Å². The third kappa shape index (κ3) is 2.79. The van der Waals surface area contributed by atoms with Crippen LogP contribution in [0.3, 0.4) is 0 Å². The molecule has 0 radical (unpaired) electrons. The summed E-state index contributed by atoms with van der Waals surface area (Å²) in [6.45, 7) is 3.11. The first-order valence-electron chi connectivity index (χ1n) is 6.89. The zero-order valence-electron chi connectivity index (χ0n) is 10.9. The number of rotatable bonds is 3. The zero-order valence-corrected chi connectivity index (χ0v) is 10.9. The molecule has 1 aromatic carbocycles. The van der Waals surface area contributed by atoms with Gasteiger partial charge in [-0.15, -0.1) is 0 Å². The number of H-pyrrole nitrogens is 1. The lowest BCUT2D eigenvalue weighted by Crippen LogP contribution is -2.33. The number of hydrogen-bond acceptors (Lipinski definition) is 3. The predicted octanol–water partition coefficient (Wildman–Crippen LogP) is 1.94. The summed E-state index contributed by atoms with van der Waals surface area (Å²) < 4.78 is 0. The van der Waals surface area contributed by atoms with Crippen molar-refractivity contribution in [1.29, 1.82) is 0 Å². The number of aromatic amines is 1. The van der Waals surface area contributed by atoms with E-state index in [-0.39, 0.29) is 5.56 Å². The van der Waals surface area contributed by atoms with Crippen LogP contribution in [0.15, 0.2) is 35.1 Å². The van der Waals surface area contributed by atoms with Gasteiger partial charge in [0.2, 0.25) is 5.56 Å². The van der Waals surface area contributed by atoms with Crippen molar-refractivity contribution in [1.82, 2.24) is 10.3 Å². The molecular weight excluding hydrogens is 238 g/mol. The molecule has 3 rings (SSSR count). The maximum Gasteiger partial charge on any atom is 0.250 e. The van der Waals surface area contributed by atoms with Crippen LogP contribution in [0.1, 0.15) is 12.8 Å². The molecule has 0 saturated carbocycles. The molecule has 0 amide bonds. The second kappa shape index (κ2) is 5.45. The number of aromatic nitrogens is 1. The smallest absolute Gasteiger partial charge is 0.250 e. The Morgan fingerprint density at radius 3 is 3.05 bits per heavy atom. The highest BCUT2D eigenvalue weighted by atomic mass is 16.1. The van der Waals surface area contributed by atoms with Gasteiger partial charge in [-0.25, -0.2) is 0 Å². The fourth-order valence-corrected chi connectivity index (χ4v) is 2.70. The molecule has 1 unspecified atom stereocenters. The van der Waals surface area contributed by atoms with Gasteiger partial charge in [0.15, 0.2) is 0 Å². The van der Waals surface area contributed by atoms with Gasteiger partial charge in [-0.1, -0.05) is 18.2 Å². The molecule has 1 fully saturated rings. The Bertz CT molecular complexity index is 614. The largest absolute Gasteiger partial charge is 0.384 e. The summed E-state index contributed by atoms with van der Waals surface area (Å²) in [4.78, 5) is 14.5. The van der Waals surface area contributed by atoms with E-state index in [1.54, 1.807) is 6.07 Å². The van der Waals surface area contributed by atoms with E-state index in [0.29, 0.717) is 5.92 Å². The van der Waals surface area contributed by atoms with Crippen molar-refractivity contribution >= 4 is 16.6 Å². The standard InChI is InChI=1S/C15H19N3O/c19-15-8-14(12-5-1-2-6-13(12)18-15)17-10-11-4-3-7-16-9-11/h1-2,5-6,8,11,16H,3-4,7,9-10H2,(H2,17,18,19). The number of fused-ring (bicyclic) bond motifs is 1. The number of anilines is 1. The zero-order chi connectivity index (χ0) is 13.1. The van der Waals surface area contributed by atoms with Gasteiger partial charge in [-0.3, -0.25) is 4.79 Å². The Kier molecular flexibility index (Phi) is 3.51. The summed E-state index contributed by atoms with van der Waals surface area (Å²) in [5.74, 6) is 0.645. The van der Waals surface area contributed by atoms with E-state index in [9.17, 15) is 4.79 Å². The van der Waals surface area contributed by atoms with Gasteiger partial charge in [-0.05, 0) is 37.9 Å². The maximum absolute atomic E-state index is 11.6. The number of nitrogens with one attached hydrogen (secondary N) is 3. The van der Waals surface area contributed by atoms with Crippen molar-refractivity contribution in [3.63, 3.8) is 0 Å². The monoisotopic (exact) mass is 257 g/mol. The summed E-state index contributed by atoms with van der Waals surface area (Å²) in [6.07, 6.45) is 2.49. The first kappa shape index (κ1) is 12.2. The number of hydrogen-bond donors (Lipinski definition) is 3. The van der Waals surface area contributed by atoms with Crippen molar-refractivity contribution < 1.29 is 0 Å². The van der Waals surface area contributed by atoms with Crippen molar-refractivity contribution in [2.24, 2.45) is 5.92 Å². The molecule has 1 saturated heterocycles. The Balaban J connectivity index is 1.81. The van der Waals surface area contributed by atoms with E-state index in [0.717, 1.165) is 36.2 Å². The molecule has 2 aromatic rings. The Morgan fingerprint density at radius 1 is 1.32 bits per heavy atom. The molecule has 1 atom stereocenters. The lowest BCUT2D eigenvalue weighted by molar-refractivity contribution is 0.393. The van der Waals surface area contributed by atoms with Gasteiger partial charge in [0.25, 0.3) is 0 Å². The van der Waals surface area contributed by atoms with Crippen LogP contribution < -0.4 is 16.2 Å². The molecule has 1 aliphatic rings.